The predicted molar refractivity (Wildman–Crippen MR) is 181 cm³/mol. The van der Waals surface area contributed by atoms with Crippen LogP contribution in [0.3, 0.4) is 0 Å². The van der Waals surface area contributed by atoms with Crippen molar-refractivity contribution in [2.45, 2.75) is 110 Å². The molecule has 18 nitrogen and oxygen atoms in total. The van der Waals surface area contributed by atoms with Gasteiger partial charge in [-0.25, -0.2) is 20.2 Å². The predicted octanol–water partition coefficient (Wildman–Crippen LogP) is 1.35. The summed E-state index contributed by atoms with van der Waals surface area (Å²) in [6.45, 7) is 4.10. The molecule has 1 unspecified atom stereocenters. The number of hydrogen-bond donors (Lipinski definition) is 5. The van der Waals surface area contributed by atoms with Crippen LogP contribution in [0.5, 0.6) is 0 Å². The quantitative estimate of drug-likeness (QED) is 0.0280. The van der Waals surface area contributed by atoms with Crippen molar-refractivity contribution in [3.05, 3.63) is 0 Å². The second kappa shape index (κ2) is 25.6. The second-order valence-electron chi connectivity index (χ2n) is 12.4. The Balaban J connectivity index is 2.04. The topological polar surface area (TPSA) is 247 Å². The summed E-state index contributed by atoms with van der Waals surface area (Å²) in [4.78, 5) is 99.5. The van der Waals surface area contributed by atoms with E-state index in [0.717, 1.165) is 4.90 Å². The molecule has 1 aliphatic rings. The summed E-state index contributed by atoms with van der Waals surface area (Å²) in [5.41, 5.74) is 0. The van der Waals surface area contributed by atoms with Crippen molar-refractivity contribution >= 4 is 53.5 Å². The molecule has 0 aromatic rings. The van der Waals surface area contributed by atoms with E-state index in [4.69, 9.17) is 0 Å². The lowest BCUT2D eigenvalue weighted by Crippen LogP contribution is -2.35. The van der Waals surface area contributed by atoms with Gasteiger partial charge in [-0.3, -0.25) is 58.9 Å². The molecule has 1 rings (SSSR count). The number of hydroxylamine groups is 6. The lowest BCUT2D eigenvalue weighted by Gasteiger charge is -2.15. The fourth-order valence-electron chi connectivity index (χ4n) is 4.88. The van der Waals surface area contributed by atoms with E-state index in [-0.39, 0.29) is 94.3 Å². The van der Waals surface area contributed by atoms with Gasteiger partial charge in [-0.05, 0) is 57.8 Å². The van der Waals surface area contributed by atoms with Crippen LogP contribution in [-0.4, -0.2) is 128 Å². The minimum absolute atomic E-state index is 0.0308. The number of imide groups is 1. The van der Waals surface area contributed by atoms with Crippen molar-refractivity contribution in [1.82, 2.24) is 30.7 Å². The number of carbonyl (C=O) groups is 8. The first kappa shape index (κ1) is 44.7. The fourth-order valence-corrected chi connectivity index (χ4v) is 4.88. The van der Waals surface area contributed by atoms with E-state index in [1.54, 1.807) is 6.92 Å². The van der Waals surface area contributed by atoms with Gasteiger partial charge in [0.25, 0.3) is 0 Å². The molecule has 288 valence electrons. The van der Waals surface area contributed by atoms with Gasteiger partial charge >= 0.3 is 0 Å². The summed E-state index contributed by atoms with van der Waals surface area (Å²) >= 11 is 0. The van der Waals surface area contributed by atoms with E-state index in [9.17, 15) is 54.0 Å². The fraction of sp³-hybridized carbons (Fsp3) is 0.727. The molecule has 51 heavy (non-hydrogen) atoms. The highest BCUT2D eigenvalue weighted by Gasteiger charge is 2.35. The monoisotopic (exact) mass is 725 g/mol. The molecule has 1 aliphatic heterocycles. The highest BCUT2D eigenvalue weighted by molar-refractivity contribution is 6.03. The molecule has 0 aromatic carbocycles. The summed E-state index contributed by atoms with van der Waals surface area (Å²) < 4.78 is 0. The van der Waals surface area contributed by atoms with Gasteiger partial charge in [0.15, 0.2) is 0 Å². The zero-order chi connectivity index (χ0) is 38.2. The molecule has 1 fully saturated rings. The molecule has 8 amide bonds. The zero-order valence-electron chi connectivity index (χ0n) is 29.8. The highest BCUT2D eigenvalue weighted by atomic mass is 16.5. The summed E-state index contributed by atoms with van der Waals surface area (Å²) in [6.07, 6.45) is 5.95. The first-order valence-electron chi connectivity index (χ1n) is 17.6. The van der Waals surface area contributed by atoms with Crippen LogP contribution in [0.1, 0.15) is 110 Å². The molecule has 5 N–H and O–H groups in total. The van der Waals surface area contributed by atoms with E-state index in [1.807, 2.05) is 0 Å². The average Bonchev–Trinajstić information content (AvgIpc) is 3.34. The Bertz CT molecular complexity index is 1210. The summed E-state index contributed by atoms with van der Waals surface area (Å²) in [5.74, 6) is -3.63. The van der Waals surface area contributed by atoms with Crippen molar-refractivity contribution in [3.8, 4) is 0 Å². The average molecular weight is 726 g/mol. The van der Waals surface area contributed by atoms with Crippen LogP contribution < -0.4 is 10.6 Å². The second-order valence-corrected chi connectivity index (χ2v) is 12.4. The van der Waals surface area contributed by atoms with Crippen LogP contribution in [0.2, 0.25) is 0 Å². The number of unbranched alkanes of at least 4 members (excludes halogenated alkanes) is 6. The maximum Gasteiger partial charge on any atom is 0.246 e. The lowest BCUT2D eigenvalue weighted by molar-refractivity contribution is -0.166. The molecule has 0 saturated carbocycles. The molecule has 0 radical (unpaired) electrons. The zero-order valence-corrected chi connectivity index (χ0v) is 29.8. The third kappa shape index (κ3) is 20.2. The first-order valence-corrected chi connectivity index (χ1v) is 17.6. The number of nitrogens with one attached hydrogen (secondary N) is 2. The number of amides is 8. The molecule has 0 spiro atoms. The van der Waals surface area contributed by atoms with E-state index in [1.165, 1.54) is 13.1 Å². The Labute approximate surface area is 298 Å². The molecule has 1 saturated heterocycles. The lowest BCUT2D eigenvalue weighted by atomic mass is 10.1. The van der Waals surface area contributed by atoms with E-state index in [2.05, 4.69) is 15.6 Å². The van der Waals surface area contributed by atoms with Gasteiger partial charge in [0.1, 0.15) is 0 Å². The molecule has 0 bridgehead atoms. The summed E-state index contributed by atoms with van der Waals surface area (Å²) in [6, 6.07) is 0. The molecular formula is C33H55N7O11. The number of aliphatic imine (C=N–C) groups is 1. The number of nitrogens with zero attached hydrogens (tertiary/aromatic N) is 5. The van der Waals surface area contributed by atoms with Gasteiger partial charge in [-0.15, -0.1) is 0 Å². The van der Waals surface area contributed by atoms with Crippen LogP contribution >= 0.6 is 0 Å². The van der Waals surface area contributed by atoms with Crippen LogP contribution in [0.4, 0.5) is 0 Å². The first-order chi connectivity index (χ1) is 24.2. The van der Waals surface area contributed by atoms with Gasteiger partial charge in [-0.2, -0.15) is 0 Å². The SMILES string of the molecule is CC(=O)N(O)CCCCCNC(=O)CCC(=O)N(O)CCCCC=NC(=O)CCC(=O)N(O)CCCCCNC(=O)CCN1C(=O)CC(C)C1=O. The molecule has 0 aliphatic carbocycles. The van der Waals surface area contributed by atoms with Crippen LogP contribution in [-0.2, 0) is 38.4 Å². The van der Waals surface area contributed by atoms with Crippen molar-refractivity contribution in [3.63, 3.8) is 0 Å². The van der Waals surface area contributed by atoms with Crippen LogP contribution in [0, 0.1) is 5.92 Å². The van der Waals surface area contributed by atoms with Crippen LogP contribution in [0.15, 0.2) is 4.99 Å². The minimum atomic E-state index is -0.616. The molecule has 1 heterocycles. The smallest absolute Gasteiger partial charge is 0.246 e. The van der Waals surface area contributed by atoms with Gasteiger partial charge < -0.3 is 10.6 Å². The van der Waals surface area contributed by atoms with Gasteiger partial charge in [0.05, 0.1) is 0 Å². The largest absolute Gasteiger partial charge is 0.356 e. The van der Waals surface area contributed by atoms with Crippen molar-refractivity contribution in [2.75, 3.05) is 39.3 Å². The number of hydrogen-bond acceptors (Lipinski definition) is 11. The maximum absolute atomic E-state index is 12.1. The number of likely N-dealkylation sites (tertiary alicyclic amines) is 1. The Kier molecular flexibility index (Phi) is 22.5. The third-order valence-electron chi connectivity index (χ3n) is 8.02. The third-order valence-corrected chi connectivity index (χ3v) is 8.02. The summed E-state index contributed by atoms with van der Waals surface area (Å²) in [5, 5.41) is 36.3. The standard InChI is InChI=1S/C33H55N7O11/c1-25-24-32(47)37(33(25)48)23-16-29(44)36-19-8-5-11-22-40(51)31(46)15-13-28(43)35-18-7-4-10-21-39(50)30(45)14-12-27(42)34-17-6-3-9-20-38(49)26(2)41/h18,25,49-51H,3-17,19-24H2,1-2H3,(H,34,42)(H,36,44). The Morgan fingerprint density at radius 1 is 0.725 bits per heavy atom. The minimum Gasteiger partial charge on any atom is -0.356 e. The highest BCUT2D eigenvalue weighted by Crippen LogP contribution is 2.18. The Morgan fingerprint density at radius 3 is 1.76 bits per heavy atom. The molecule has 18 heteroatoms. The number of carbonyl (C=O) groups excluding carboxylic acids is 8. The van der Waals surface area contributed by atoms with E-state index in [0.29, 0.717) is 86.1 Å². The van der Waals surface area contributed by atoms with Gasteiger partial charge in [0, 0.05) is 96.8 Å². The Morgan fingerprint density at radius 2 is 1.24 bits per heavy atom. The van der Waals surface area contributed by atoms with Crippen molar-refractivity contribution in [1.29, 1.82) is 0 Å². The molecule has 0 aromatic heterocycles. The van der Waals surface area contributed by atoms with Gasteiger partial charge in [-0.1, -0.05) is 6.92 Å². The normalized spacial score (nSPS) is 14.1. The van der Waals surface area contributed by atoms with Gasteiger partial charge in [0.2, 0.25) is 47.3 Å². The Hall–Kier alpha value is -4.29. The van der Waals surface area contributed by atoms with Crippen molar-refractivity contribution < 1.29 is 54.0 Å². The molecular weight excluding hydrogens is 670 g/mol. The number of rotatable bonds is 26. The summed E-state index contributed by atoms with van der Waals surface area (Å²) in [7, 11) is 0. The van der Waals surface area contributed by atoms with E-state index >= 15 is 0 Å². The van der Waals surface area contributed by atoms with Crippen molar-refractivity contribution in [2.24, 2.45) is 10.9 Å². The van der Waals surface area contributed by atoms with Crippen LogP contribution in [0.25, 0.3) is 0 Å². The maximum atomic E-state index is 12.1. The molecule has 1 atom stereocenters. The van der Waals surface area contributed by atoms with E-state index < -0.39 is 23.6 Å².